The van der Waals surface area contributed by atoms with Crippen molar-refractivity contribution in [3.05, 3.63) is 64.0 Å². The van der Waals surface area contributed by atoms with Crippen LogP contribution in [0.15, 0.2) is 46.0 Å². The molecule has 5 rings (SSSR count). The molecule has 1 saturated heterocycles. The van der Waals surface area contributed by atoms with Crippen LogP contribution in [0.1, 0.15) is 34.6 Å². The summed E-state index contributed by atoms with van der Waals surface area (Å²) in [6, 6.07) is 6.92. The van der Waals surface area contributed by atoms with Crippen LogP contribution in [0.25, 0.3) is 11.3 Å². The van der Waals surface area contributed by atoms with Crippen LogP contribution in [0.4, 0.5) is 0 Å². The van der Waals surface area contributed by atoms with Gasteiger partial charge in [0.25, 0.3) is 11.5 Å². The molecule has 1 fully saturated rings. The van der Waals surface area contributed by atoms with Crippen LogP contribution in [0, 0.1) is 0 Å². The number of likely N-dealkylation sites (tertiary alicyclic amines) is 1. The maximum Gasteiger partial charge on any atom is 0.276 e. The van der Waals surface area contributed by atoms with E-state index in [1.54, 1.807) is 35.5 Å². The molecule has 8 nitrogen and oxygen atoms in total. The van der Waals surface area contributed by atoms with Gasteiger partial charge in [-0.2, -0.15) is 16.9 Å². The number of amides is 1. The van der Waals surface area contributed by atoms with Crippen LogP contribution in [-0.2, 0) is 18.7 Å². The van der Waals surface area contributed by atoms with Crippen molar-refractivity contribution in [3.63, 3.8) is 0 Å². The summed E-state index contributed by atoms with van der Waals surface area (Å²) in [5, 5.41) is 8.57. The molecule has 30 heavy (non-hydrogen) atoms. The lowest BCUT2D eigenvalue weighted by molar-refractivity contribution is 0.0710. The number of pyridine rings is 1. The fraction of sp³-hybridized carbons (Fsp3) is 0.381. The minimum atomic E-state index is -0.182. The third-order valence-electron chi connectivity index (χ3n) is 5.60. The van der Waals surface area contributed by atoms with Crippen LogP contribution in [0.5, 0.6) is 0 Å². The predicted molar refractivity (Wildman–Crippen MR) is 112 cm³/mol. The number of aromatic nitrogens is 4. The van der Waals surface area contributed by atoms with Gasteiger partial charge in [0, 0.05) is 48.8 Å². The Kier molecular flexibility index (Phi) is 5.12. The molecule has 3 aromatic rings. The number of nitrogens with zero attached hydrogens (tertiary/aromatic N) is 5. The summed E-state index contributed by atoms with van der Waals surface area (Å²) in [5.74, 6) is 2.20. The Balaban J connectivity index is 1.35. The molecule has 3 aromatic heterocycles. The Labute approximate surface area is 177 Å². The van der Waals surface area contributed by atoms with Crippen LogP contribution in [0.3, 0.4) is 0 Å². The maximum atomic E-state index is 13.1. The summed E-state index contributed by atoms with van der Waals surface area (Å²) >= 11 is 1.83. The fourth-order valence-corrected chi connectivity index (χ4v) is 5.00. The van der Waals surface area contributed by atoms with Gasteiger partial charge in [-0.25, -0.2) is 4.68 Å². The molecular weight excluding hydrogens is 402 g/mol. The first-order valence-electron chi connectivity index (χ1n) is 10.0. The number of rotatable bonds is 4. The van der Waals surface area contributed by atoms with Crippen molar-refractivity contribution in [1.29, 1.82) is 0 Å². The average Bonchev–Trinajstić information content (AvgIpc) is 3.44. The lowest BCUT2D eigenvalue weighted by atomic mass is 10.2. The van der Waals surface area contributed by atoms with E-state index in [1.807, 2.05) is 17.8 Å². The highest BCUT2D eigenvalue weighted by Crippen LogP contribution is 2.25. The molecule has 9 heteroatoms. The second-order valence-electron chi connectivity index (χ2n) is 7.55. The van der Waals surface area contributed by atoms with Gasteiger partial charge in [-0.05, 0) is 36.3 Å². The first kappa shape index (κ1) is 19.0. The maximum absolute atomic E-state index is 13.1. The Hall–Kier alpha value is -2.94. The van der Waals surface area contributed by atoms with Gasteiger partial charge < -0.3 is 9.42 Å². The van der Waals surface area contributed by atoms with Crippen LogP contribution >= 0.6 is 11.8 Å². The summed E-state index contributed by atoms with van der Waals surface area (Å²) in [6.07, 6.45) is 5.94. The van der Waals surface area contributed by atoms with Crippen LogP contribution in [-0.4, -0.2) is 49.1 Å². The molecule has 1 atom stereocenters. The highest BCUT2D eigenvalue weighted by Gasteiger charge is 2.32. The van der Waals surface area contributed by atoms with Crippen LogP contribution < -0.4 is 5.56 Å². The number of carbonyl (C=O) groups is 1. The summed E-state index contributed by atoms with van der Waals surface area (Å²) < 4.78 is 6.88. The van der Waals surface area contributed by atoms with Crippen molar-refractivity contribution in [2.24, 2.45) is 0 Å². The Morgan fingerprint density at radius 2 is 2.27 bits per heavy atom. The summed E-state index contributed by atoms with van der Waals surface area (Å²) in [7, 11) is 0. The van der Waals surface area contributed by atoms with Gasteiger partial charge in [0.1, 0.15) is 0 Å². The molecule has 154 valence electrons. The highest BCUT2D eigenvalue weighted by atomic mass is 32.2. The largest absolute Gasteiger partial charge is 0.355 e. The van der Waals surface area contributed by atoms with E-state index in [0.717, 1.165) is 47.6 Å². The van der Waals surface area contributed by atoms with Gasteiger partial charge in [-0.1, -0.05) is 5.16 Å². The molecule has 0 aliphatic carbocycles. The zero-order valence-electron chi connectivity index (χ0n) is 16.4. The number of hydrogen-bond donors (Lipinski definition) is 0. The third kappa shape index (κ3) is 3.65. The standard InChI is InChI=1S/C21H21N5O3S/c27-20-9-15-13-30-8-5-17(15)23-26(20)12-16-4-2-7-25(16)21(28)18-10-19(29-24-18)14-3-1-6-22-11-14/h1,3,6,9-11,16H,2,4-5,7-8,12-13H2. The monoisotopic (exact) mass is 423 g/mol. The van der Waals surface area contributed by atoms with E-state index in [2.05, 4.69) is 15.2 Å². The second kappa shape index (κ2) is 8.06. The smallest absolute Gasteiger partial charge is 0.276 e. The lowest BCUT2D eigenvalue weighted by Crippen LogP contribution is -2.41. The van der Waals surface area contributed by atoms with Gasteiger partial charge in [-0.3, -0.25) is 14.6 Å². The van der Waals surface area contributed by atoms with E-state index in [9.17, 15) is 9.59 Å². The molecular formula is C21H21N5O3S. The molecule has 5 heterocycles. The Morgan fingerprint density at radius 3 is 3.13 bits per heavy atom. The van der Waals surface area contributed by atoms with Crippen molar-refractivity contribution in [2.45, 2.75) is 37.6 Å². The SMILES string of the molecule is O=C(c1cc(-c2cccnc2)on1)N1CCCC1Cn1nc2c(cc1=O)CSCC2. The molecule has 1 unspecified atom stereocenters. The highest BCUT2D eigenvalue weighted by molar-refractivity contribution is 7.98. The number of thioether (sulfide) groups is 1. The van der Waals surface area contributed by atoms with Crippen molar-refractivity contribution in [3.8, 4) is 11.3 Å². The van der Waals surface area contributed by atoms with E-state index >= 15 is 0 Å². The van der Waals surface area contributed by atoms with Gasteiger partial charge in [0.15, 0.2) is 11.5 Å². The zero-order chi connectivity index (χ0) is 20.5. The average molecular weight is 423 g/mol. The number of fused-ring (bicyclic) bond motifs is 1. The topological polar surface area (TPSA) is 94.1 Å². The van der Waals surface area contributed by atoms with Gasteiger partial charge >= 0.3 is 0 Å². The molecule has 0 N–H and O–H groups in total. The minimum Gasteiger partial charge on any atom is -0.355 e. The fourth-order valence-electron chi connectivity index (χ4n) is 4.04. The Bertz CT molecular complexity index is 1130. The lowest BCUT2D eigenvalue weighted by Gasteiger charge is -2.24. The van der Waals surface area contributed by atoms with Gasteiger partial charge in [-0.15, -0.1) is 0 Å². The van der Waals surface area contributed by atoms with Crippen LogP contribution in [0.2, 0.25) is 0 Å². The first-order valence-corrected chi connectivity index (χ1v) is 11.2. The second-order valence-corrected chi connectivity index (χ2v) is 8.66. The summed E-state index contributed by atoms with van der Waals surface area (Å²) in [5.41, 5.74) is 2.98. The Morgan fingerprint density at radius 1 is 1.33 bits per heavy atom. The number of carbonyl (C=O) groups excluding carboxylic acids is 1. The van der Waals surface area contributed by atoms with Gasteiger partial charge in [0.2, 0.25) is 0 Å². The zero-order valence-corrected chi connectivity index (χ0v) is 17.2. The van der Waals surface area contributed by atoms with E-state index in [1.165, 1.54) is 4.68 Å². The minimum absolute atomic E-state index is 0.0859. The molecule has 0 saturated carbocycles. The normalized spacial score (nSPS) is 18.4. The van der Waals surface area contributed by atoms with E-state index in [0.29, 0.717) is 18.8 Å². The van der Waals surface area contributed by atoms with Gasteiger partial charge in [0.05, 0.1) is 18.3 Å². The molecule has 0 spiro atoms. The predicted octanol–water partition coefficient (Wildman–Crippen LogP) is 2.39. The van der Waals surface area contributed by atoms with E-state index in [4.69, 9.17) is 4.52 Å². The molecule has 1 amide bonds. The number of aryl methyl sites for hydroxylation is 1. The van der Waals surface area contributed by atoms with Crippen molar-refractivity contribution < 1.29 is 9.32 Å². The molecule has 2 aliphatic heterocycles. The van der Waals surface area contributed by atoms with Crippen molar-refractivity contribution >= 4 is 17.7 Å². The van der Waals surface area contributed by atoms with Crippen molar-refractivity contribution in [2.75, 3.05) is 12.3 Å². The number of hydrogen-bond acceptors (Lipinski definition) is 7. The van der Waals surface area contributed by atoms with Crippen molar-refractivity contribution in [1.82, 2.24) is 24.8 Å². The summed E-state index contributed by atoms with van der Waals surface area (Å²) in [6.45, 7) is 1.03. The van der Waals surface area contributed by atoms with E-state index < -0.39 is 0 Å². The quantitative estimate of drug-likeness (QED) is 0.636. The first-order chi connectivity index (χ1) is 14.7. The molecule has 0 bridgehead atoms. The third-order valence-corrected chi connectivity index (χ3v) is 6.61. The molecule has 2 aliphatic rings. The molecule has 0 aromatic carbocycles. The summed E-state index contributed by atoms with van der Waals surface area (Å²) in [4.78, 5) is 31.5. The van der Waals surface area contributed by atoms with E-state index in [-0.39, 0.29) is 23.2 Å². The molecule has 0 radical (unpaired) electrons.